The third-order valence-electron chi connectivity index (χ3n) is 3.57. The van der Waals surface area contributed by atoms with Gasteiger partial charge in [0.2, 0.25) is 0 Å². The summed E-state index contributed by atoms with van der Waals surface area (Å²) in [5.74, 6) is 0.0127. The molecule has 0 saturated carbocycles. The average molecular weight is 876 g/mol. The zero-order valence-corrected chi connectivity index (χ0v) is 24.5. The van der Waals surface area contributed by atoms with E-state index < -0.39 is 0 Å². The Labute approximate surface area is 230 Å². The van der Waals surface area contributed by atoms with Gasteiger partial charge < -0.3 is 10.2 Å². The Morgan fingerprint density at radius 1 is 0.786 bits per heavy atom. The van der Waals surface area contributed by atoms with Crippen molar-refractivity contribution in [2.45, 2.75) is 13.8 Å². The van der Waals surface area contributed by atoms with Crippen LogP contribution in [-0.4, -0.2) is 25.5 Å². The minimum Gasteiger partial charge on any atom is -0.871 e. The van der Waals surface area contributed by atoms with E-state index in [9.17, 15) is 10.2 Å². The number of halogens is 4. The molecule has 2 aromatic carbocycles. The molecule has 153 valence electrons. The molecule has 0 atom stereocenters. The molecule has 0 amide bonds. The molecular formula is C19H16CuI4N2O2. The van der Waals surface area contributed by atoms with Gasteiger partial charge in [0.25, 0.3) is 0 Å². The van der Waals surface area contributed by atoms with Gasteiger partial charge in [-0.1, -0.05) is 25.3 Å². The van der Waals surface area contributed by atoms with Gasteiger partial charge in [0.15, 0.2) is 0 Å². The standard InChI is InChI=1S/C19H18I4N2O2.Cu/c1-19(2,9-24-7-11-3-13(20)5-15(22)17(11)26)10-25-8-12-4-14(21)6-16(23)18(12)27;/h3-8,26-27H,9-10H2,1-2H3;/q;+2/p-2. The Hall–Kier alpha value is 0.819. The Balaban J connectivity index is 0.00000392. The van der Waals surface area contributed by atoms with Crippen LogP contribution in [0.4, 0.5) is 0 Å². The van der Waals surface area contributed by atoms with Crippen LogP contribution >= 0.6 is 90.4 Å². The molecule has 2 aromatic rings. The van der Waals surface area contributed by atoms with Gasteiger partial charge in [0.1, 0.15) is 0 Å². The van der Waals surface area contributed by atoms with Gasteiger partial charge >= 0.3 is 17.1 Å². The van der Waals surface area contributed by atoms with Crippen LogP contribution in [0.2, 0.25) is 0 Å². The Morgan fingerprint density at radius 2 is 1.14 bits per heavy atom. The summed E-state index contributed by atoms with van der Waals surface area (Å²) in [7, 11) is 0. The van der Waals surface area contributed by atoms with Crippen LogP contribution in [0.5, 0.6) is 11.5 Å². The van der Waals surface area contributed by atoms with Crippen LogP contribution < -0.4 is 10.2 Å². The predicted molar refractivity (Wildman–Crippen MR) is 141 cm³/mol. The van der Waals surface area contributed by atoms with Crippen LogP contribution in [0, 0.1) is 19.7 Å². The van der Waals surface area contributed by atoms with Crippen molar-refractivity contribution in [1.29, 1.82) is 0 Å². The second kappa shape index (κ2) is 12.0. The van der Waals surface area contributed by atoms with Gasteiger partial charge in [-0.3, -0.25) is 9.98 Å². The van der Waals surface area contributed by atoms with Gasteiger partial charge in [0.05, 0.1) is 0 Å². The molecule has 0 unspecified atom stereocenters. The summed E-state index contributed by atoms with van der Waals surface area (Å²) in [5.41, 5.74) is 1.04. The normalized spacial score (nSPS) is 11.9. The number of hydrogen-bond acceptors (Lipinski definition) is 4. The maximum atomic E-state index is 12.1. The van der Waals surface area contributed by atoms with Crippen molar-refractivity contribution in [1.82, 2.24) is 0 Å². The van der Waals surface area contributed by atoms with Crippen molar-refractivity contribution in [3.63, 3.8) is 0 Å². The molecule has 4 nitrogen and oxygen atoms in total. The second-order valence-corrected chi connectivity index (χ2v) is 11.5. The minimum atomic E-state index is -0.177. The molecular weight excluding hydrogens is 859 g/mol. The van der Waals surface area contributed by atoms with Crippen molar-refractivity contribution in [2.24, 2.45) is 15.4 Å². The van der Waals surface area contributed by atoms with E-state index in [4.69, 9.17) is 0 Å². The summed E-state index contributed by atoms with van der Waals surface area (Å²) < 4.78 is 3.43. The van der Waals surface area contributed by atoms with Gasteiger partial charge in [-0.2, -0.15) is 0 Å². The summed E-state index contributed by atoms with van der Waals surface area (Å²) in [6.45, 7) is 5.21. The fourth-order valence-electron chi connectivity index (χ4n) is 2.18. The fourth-order valence-corrected chi connectivity index (χ4v) is 5.96. The van der Waals surface area contributed by atoms with E-state index >= 15 is 0 Å². The maximum Gasteiger partial charge on any atom is 2.00 e. The smallest absolute Gasteiger partial charge is 0.871 e. The SMILES string of the molecule is CC(C)(CN=Cc1cc(I)cc(I)c1[O-])CN=Cc1cc(I)cc(I)c1[O-].[Cu+2]. The number of hydrogen-bond donors (Lipinski definition) is 0. The zero-order chi connectivity index (χ0) is 20.2. The van der Waals surface area contributed by atoms with Crippen molar-refractivity contribution in [3.05, 3.63) is 49.7 Å². The van der Waals surface area contributed by atoms with E-state index in [-0.39, 0.29) is 34.0 Å². The molecule has 0 bridgehead atoms. The molecule has 0 saturated heterocycles. The van der Waals surface area contributed by atoms with Crippen molar-refractivity contribution >= 4 is 103 Å². The second-order valence-electron chi connectivity index (χ2n) is 6.72. The third-order valence-corrected chi connectivity index (χ3v) is 6.42. The van der Waals surface area contributed by atoms with E-state index in [1.165, 1.54) is 0 Å². The van der Waals surface area contributed by atoms with E-state index in [2.05, 4.69) is 69.0 Å². The number of rotatable bonds is 6. The number of nitrogens with zero attached hydrogens (tertiary/aromatic N) is 2. The monoisotopic (exact) mass is 875 g/mol. The van der Waals surface area contributed by atoms with E-state index in [0.717, 1.165) is 7.14 Å². The minimum absolute atomic E-state index is 0. The maximum absolute atomic E-state index is 12.1. The first-order valence-electron chi connectivity index (χ1n) is 7.91. The molecule has 0 N–H and O–H groups in total. The summed E-state index contributed by atoms with van der Waals surface area (Å²) >= 11 is 8.49. The molecule has 0 spiro atoms. The molecule has 9 heteroatoms. The van der Waals surface area contributed by atoms with Gasteiger partial charge in [-0.25, -0.2) is 0 Å². The molecule has 0 aliphatic carbocycles. The Bertz CT molecular complexity index is 830. The molecule has 0 aliphatic rings. The van der Waals surface area contributed by atoms with Crippen molar-refractivity contribution < 1.29 is 27.3 Å². The molecule has 0 aromatic heterocycles. The summed E-state index contributed by atoms with van der Waals surface area (Å²) in [6, 6.07) is 7.40. The molecule has 1 radical (unpaired) electrons. The fraction of sp³-hybridized carbons (Fsp3) is 0.263. The zero-order valence-electron chi connectivity index (χ0n) is 14.9. The Morgan fingerprint density at radius 3 is 1.50 bits per heavy atom. The van der Waals surface area contributed by atoms with Crippen LogP contribution in [0.3, 0.4) is 0 Å². The summed E-state index contributed by atoms with van der Waals surface area (Å²) in [5, 5.41) is 24.3. The third kappa shape index (κ3) is 8.16. The number of aliphatic imine (C=N–C) groups is 2. The van der Waals surface area contributed by atoms with Crippen molar-refractivity contribution in [3.8, 4) is 11.5 Å². The first-order chi connectivity index (χ1) is 12.6. The first kappa shape index (κ1) is 26.9. The topological polar surface area (TPSA) is 70.8 Å². The summed E-state index contributed by atoms with van der Waals surface area (Å²) in [4.78, 5) is 8.92. The Kier molecular flexibility index (Phi) is 11.5. The molecule has 0 fully saturated rings. The van der Waals surface area contributed by atoms with Gasteiger partial charge in [-0.15, -0.1) is 0 Å². The van der Waals surface area contributed by atoms with E-state index in [1.807, 2.05) is 69.4 Å². The van der Waals surface area contributed by atoms with Crippen LogP contribution in [0.15, 0.2) is 34.3 Å². The molecule has 0 heterocycles. The molecule has 2 rings (SSSR count). The molecule has 0 aliphatic heterocycles. The average Bonchev–Trinajstić information content (AvgIpc) is 2.56. The number of benzene rings is 2. The van der Waals surface area contributed by atoms with Gasteiger partial charge in [-0.05, 0) is 126 Å². The van der Waals surface area contributed by atoms with Gasteiger partial charge in [0, 0.05) is 45.2 Å². The van der Waals surface area contributed by atoms with E-state index in [0.29, 0.717) is 31.4 Å². The quantitative estimate of drug-likeness (QED) is 0.238. The predicted octanol–water partition coefficient (Wildman–Crippen LogP) is 4.81. The van der Waals surface area contributed by atoms with E-state index in [1.54, 1.807) is 12.4 Å². The van der Waals surface area contributed by atoms with Crippen LogP contribution in [0.25, 0.3) is 0 Å². The first-order valence-corrected chi connectivity index (χ1v) is 12.2. The van der Waals surface area contributed by atoms with Crippen LogP contribution in [0.1, 0.15) is 25.0 Å². The molecule has 28 heavy (non-hydrogen) atoms. The largest absolute Gasteiger partial charge is 2.00 e. The van der Waals surface area contributed by atoms with Crippen molar-refractivity contribution in [2.75, 3.05) is 13.1 Å². The van der Waals surface area contributed by atoms with Crippen LogP contribution in [-0.2, 0) is 17.1 Å². The summed E-state index contributed by atoms with van der Waals surface area (Å²) in [6.07, 6.45) is 3.30.